The lowest BCUT2D eigenvalue weighted by atomic mass is 10.1. The zero-order valence-electron chi connectivity index (χ0n) is 18.1. The summed E-state index contributed by atoms with van der Waals surface area (Å²) in [5.74, 6) is 0.134. The second-order valence-electron chi connectivity index (χ2n) is 8.11. The molecule has 30 heavy (non-hydrogen) atoms. The van der Waals surface area contributed by atoms with Gasteiger partial charge in [-0.25, -0.2) is 9.78 Å². The molecular weight excluding hydrogens is 388 g/mol. The van der Waals surface area contributed by atoms with Crippen LogP contribution in [0.25, 0.3) is 11.0 Å². The van der Waals surface area contributed by atoms with E-state index in [0.29, 0.717) is 32.8 Å². The van der Waals surface area contributed by atoms with Gasteiger partial charge in [0.05, 0.1) is 24.2 Å². The molecule has 0 aliphatic heterocycles. The van der Waals surface area contributed by atoms with E-state index in [-0.39, 0.29) is 34.3 Å². The van der Waals surface area contributed by atoms with E-state index in [0.717, 1.165) is 18.5 Å². The summed E-state index contributed by atoms with van der Waals surface area (Å²) in [5, 5.41) is 0.157. The average Bonchev–Trinajstić information content (AvgIpc) is 3.55. The van der Waals surface area contributed by atoms with E-state index >= 15 is 0 Å². The molecule has 9 heteroatoms. The number of nitrogens with one attached hydrogen (secondary N) is 1. The van der Waals surface area contributed by atoms with Crippen LogP contribution in [0.4, 0.5) is 0 Å². The summed E-state index contributed by atoms with van der Waals surface area (Å²) in [6.07, 6.45) is 1.97. The van der Waals surface area contributed by atoms with Crippen LogP contribution in [-0.4, -0.2) is 65.9 Å². The van der Waals surface area contributed by atoms with Crippen LogP contribution < -0.4 is 11.2 Å². The fourth-order valence-electron chi connectivity index (χ4n) is 3.47. The first-order valence-corrected chi connectivity index (χ1v) is 10.3. The molecule has 0 saturated heterocycles. The van der Waals surface area contributed by atoms with Crippen molar-refractivity contribution < 1.29 is 14.3 Å². The molecule has 9 nitrogen and oxygen atoms in total. The molecule has 1 amide bonds. The third-order valence-corrected chi connectivity index (χ3v) is 5.16. The van der Waals surface area contributed by atoms with E-state index in [1.165, 1.54) is 4.57 Å². The Balaban J connectivity index is 2.20. The van der Waals surface area contributed by atoms with Gasteiger partial charge in [-0.05, 0) is 24.8 Å². The zero-order chi connectivity index (χ0) is 21.8. The first kappa shape index (κ1) is 22.2. The molecule has 2 aromatic rings. The van der Waals surface area contributed by atoms with Gasteiger partial charge in [0.2, 0.25) is 0 Å². The molecule has 3 rings (SSSR count). The summed E-state index contributed by atoms with van der Waals surface area (Å²) in [4.78, 5) is 47.4. The van der Waals surface area contributed by atoms with Gasteiger partial charge in [0, 0.05) is 45.5 Å². The largest absolute Gasteiger partial charge is 0.383 e. The maximum absolute atomic E-state index is 13.5. The van der Waals surface area contributed by atoms with Crippen molar-refractivity contribution >= 4 is 16.9 Å². The number of hydrogen-bond acceptors (Lipinski definition) is 6. The van der Waals surface area contributed by atoms with Crippen LogP contribution in [0.15, 0.2) is 15.7 Å². The predicted molar refractivity (Wildman–Crippen MR) is 113 cm³/mol. The van der Waals surface area contributed by atoms with Gasteiger partial charge >= 0.3 is 5.69 Å². The number of rotatable bonds is 10. The van der Waals surface area contributed by atoms with Crippen molar-refractivity contribution in [2.45, 2.75) is 39.2 Å². The lowest BCUT2D eigenvalue weighted by Gasteiger charge is -2.23. The summed E-state index contributed by atoms with van der Waals surface area (Å²) in [7, 11) is 3.14. The van der Waals surface area contributed by atoms with Gasteiger partial charge < -0.3 is 14.4 Å². The van der Waals surface area contributed by atoms with Gasteiger partial charge in [0.1, 0.15) is 0 Å². The quantitative estimate of drug-likeness (QED) is 0.624. The predicted octanol–water partition coefficient (Wildman–Crippen LogP) is 1.35. The van der Waals surface area contributed by atoms with Gasteiger partial charge in [0.15, 0.2) is 5.65 Å². The van der Waals surface area contributed by atoms with Gasteiger partial charge in [-0.15, -0.1) is 0 Å². The lowest BCUT2D eigenvalue weighted by Crippen LogP contribution is -2.38. The summed E-state index contributed by atoms with van der Waals surface area (Å²) >= 11 is 0. The Labute approximate surface area is 175 Å². The molecule has 0 bridgehead atoms. The second-order valence-corrected chi connectivity index (χ2v) is 8.11. The summed E-state index contributed by atoms with van der Waals surface area (Å²) in [5.41, 5.74) is 0.214. The Morgan fingerprint density at radius 2 is 1.87 bits per heavy atom. The van der Waals surface area contributed by atoms with Crippen LogP contribution in [0.5, 0.6) is 0 Å². The van der Waals surface area contributed by atoms with Gasteiger partial charge in [0.25, 0.3) is 11.5 Å². The number of hydrogen-bond donors (Lipinski definition) is 1. The van der Waals surface area contributed by atoms with Crippen LogP contribution >= 0.6 is 0 Å². The van der Waals surface area contributed by atoms with Crippen molar-refractivity contribution in [1.82, 2.24) is 19.4 Å². The van der Waals surface area contributed by atoms with Crippen molar-refractivity contribution in [3.05, 3.63) is 38.2 Å². The van der Waals surface area contributed by atoms with Crippen LogP contribution in [0.3, 0.4) is 0 Å². The molecule has 164 valence electrons. The van der Waals surface area contributed by atoms with E-state index in [1.807, 2.05) is 13.8 Å². The molecule has 0 unspecified atom stereocenters. The summed E-state index contributed by atoms with van der Waals surface area (Å²) in [6.45, 7) is 5.83. The fourth-order valence-corrected chi connectivity index (χ4v) is 3.47. The molecule has 0 atom stereocenters. The number of carbonyl (C=O) groups is 1. The van der Waals surface area contributed by atoms with Crippen LogP contribution in [0.1, 0.15) is 48.7 Å². The number of fused-ring (bicyclic) bond motifs is 1. The van der Waals surface area contributed by atoms with Crippen molar-refractivity contribution in [3.63, 3.8) is 0 Å². The fraction of sp³-hybridized carbons (Fsp3) is 0.619. The molecule has 0 spiro atoms. The smallest absolute Gasteiger partial charge is 0.330 e. The number of H-pyrrole nitrogens is 1. The van der Waals surface area contributed by atoms with Gasteiger partial charge in [-0.1, -0.05) is 13.8 Å². The Kier molecular flexibility index (Phi) is 7.04. The topological polar surface area (TPSA) is 107 Å². The second kappa shape index (κ2) is 9.53. The minimum atomic E-state index is -0.591. The normalized spacial score (nSPS) is 13.9. The highest BCUT2D eigenvalue weighted by molar-refractivity contribution is 6.05. The Hall–Kier alpha value is -2.52. The van der Waals surface area contributed by atoms with Crippen molar-refractivity contribution in [2.24, 2.45) is 5.92 Å². The number of amides is 1. The number of carbonyl (C=O) groups excluding carboxylic acids is 1. The Morgan fingerprint density at radius 1 is 1.23 bits per heavy atom. The van der Waals surface area contributed by atoms with Gasteiger partial charge in [-0.3, -0.25) is 19.1 Å². The van der Waals surface area contributed by atoms with E-state index in [4.69, 9.17) is 9.47 Å². The molecule has 0 radical (unpaired) electrons. The number of aromatic amines is 1. The van der Waals surface area contributed by atoms with E-state index < -0.39 is 11.2 Å². The maximum atomic E-state index is 13.5. The van der Waals surface area contributed by atoms with Crippen molar-refractivity contribution in [2.75, 3.05) is 40.5 Å². The Bertz CT molecular complexity index is 1010. The number of pyridine rings is 1. The Morgan fingerprint density at radius 3 is 2.40 bits per heavy atom. The number of methoxy groups -OCH3 is 2. The van der Waals surface area contributed by atoms with E-state index in [9.17, 15) is 14.4 Å². The van der Waals surface area contributed by atoms with Crippen LogP contribution in [-0.2, 0) is 16.0 Å². The molecular formula is C21H30N4O5. The molecule has 2 heterocycles. The highest BCUT2D eigenvalue weighted by Crippen LogP contribution is 2.40. The minimum Gasteiger partial charge on any atom is -0.383 e. The molecule has 0 aromatic carbocycles. The van der Waals surface area contributed by atoms with E-state index in [2.05, 4.69) is 9.97 Å². The molecule has 1 fully saturated rings. The minimum absolute atomic E-state index is 0.157. The first-order chi connectivity index (χ1) is 14.4. The zero-order valence-corrected chi connectivity index (χ0v) is 18.1. The maximum Gasteiger partial charge on any atom is 0.330 e. The number of nitrogens with zero attached hydrogens (tertiary/aromatic N) is 3. The number of aromatic nitrogens is 3. The van der Waals surface area contributed by atoms with Gasteiger partial charge in [-0.2, -0.15) is 0 Å². The SMILES string of the molecule is COCCN(CCOC)C(=O)c1cc(C2CC2)nc2c1c(=O)[nH]c(=O)n2CC(C)C. The third kappa shape index (κ3) is 4.79. The molecule has 1 aliphatic carbocycles. The standard InChI is InChI=1S/C21H30N4O5/c1-13(2)12-25-18-17(19(26)23-21(25)28)15(11-16(22-18)14-5-6-14)20(27)24(7-9-29-3)8-10-30-4/h11,13-14H,5-10,12H2,1-4H3,(H,23,26,28). The number of ether oxygens (including phenoxy) is 2. The summed E-state index contributed by atoms with van der Waals surface area (Å²) < 4.78 is 11.8. The molecule has 1 N–H and O–H groups in total. The molecule has 1 saturated carbocycles. The summed E-state index contributed by atoms with van der Waals surface area (Å²) in [6, 6.07) is 1.72. The molecule has 1 aliphatic rings. The highest BCUT2D eigenvalue weighted by Gasteiger charge is 2.30. The first-order valence-electron chi connectivity index (χ1n) is 10.3. The highest BCUT2D eigenvalue weighted by atomic mass is 16.5. The monoisotopic (exact) mass is 418 g/mol. The van der Waals surface area contributed by atoms with Crippen LogP contribution in [0, 0.1) is 5.92 Å². The van der Waals surface area contributed by atoms with Crippen molar-refractivity contribution in [3.8, 4) is 0 Å². The molecule has 2 aromatic heterocycles. The average molecular weight is 418 g/mol. The third-order valence-electron chi connectivity index (χ3n) is 5.16. The van der Waals surface area contributed by atoms with Crippen molar-refractivity contribution in [1.29, 1.82) is 0 Å². The van der Waals surface area contributed by atoms with Crippen LogP contribution in [0.2, 0.25) is 0 Å². The lowest BCUT2D eigenvalue weighted by molar-refractivity contribution is 0.0629. The van der Waals surface area contributed by atoms with E-state index in [1.54, 1.807) is 25.2 Å².